The molecule has 17 heavy (non-hydrogen) atoms. The molecular weight excluding hydrogens is 218 g/mol. The highest BCUT2D eigenvalue weighted by Crippen LogP contribution is 2.41. The maximum Gasteiger partial charge on any atom is 0.244 e. The molecule has 2 aliphatic rings. The number of nitrogens with zero attached hydrogens (tertiary/aromatic N) is 2. The van der Waals surface area contributed by atoms with Crippen LogP contribution in [0, 0.1) is 0 Å². The van der Waals surface area contributed by atoms with Crippen molar-refractivity contribution in [1.29, 1.82) is 0 Å². The number of hydrogen-bond acceptors (Lipinski definition) is 4. The Hall–Kier alpha value is -0.650. The number of ether oxygens (including phenoxy) is 1. The molecule has 1 N–H and O–H groups in total. The van der Waals surface area contributed by atoms with Crippen molar-refractivity contribution in [2.45, 2.75) is 31.5 Å². The highest BCUT2D eigenvalue weighted by Gasteiger charge is 2.57. The third-order valence-corrected chi connectivity index (χ3v) is 3.77. The minimum absolute atomic E-state index is 0.176. The van der Waals surface area contributed by atoms with Crippen LogP contribution >= 0.6 is 0 Å². The lowest BCUT2D eigenvalue weighted by molar-refractivity contribution is -0.130. The lowest BCUT2D eigenvalue weighted by Gasteiger charge is -2.24. The van der Waals surface area contributed by atoms with Gasteiger partial charge in [-0.2, -0.15) is 0 Å². The van der Waals surface area contributed by atoms with Crippen molar-refractivity contribution in [2.75, 3.05) is 40.4 Å². The quantitative estimate of drug-likeness (QED) is 0.704. The highest BCUT2D eigenvalue weighted by atomic mass is 16.5. The summed E-state index contributed by atoms with van der Waals surface area (Å²) < 4.78 is 5.04. The van der Waals surface area contributed by atoms with Crippen LogP contribution in [-0.4, -0.2) is 67.8 Å². The zero-order valence-electron chi connectivity index (χ0n) is 11.0. The van der Waals surface area contributed by atoms with Crippen molar-refractivity contribution in [1.82, 2.24) is 15.1 Å². The normalized spacial score (nSPS) is 26.2. The number of methoxy groups -OCH3 is 1. The molecule has 2 rings (SSSR count). The molecule has 5 nitrogen and oxygen atoms in total. The largest absolute Gasteiger partial charge is 0.383 e. The zero-order chi connectivity index (χ0) is 12.5. The number of rotatable bonds is 6. The van der Waals surface area contributed by atoms with Crippen LogP contribution in [0.3, 0.4) is 0 Å². The fourth-order valence-electron chi connectivity index (χ4n) is 2.41. The number of amides is 1. The van der Waals surface area contributed by atoms with E-state index in [9.17, 15) is 4.79 Å². The lowest BCUT2D eigenvalue weighted by Crippen LogP contribution is -2.40. The van der Waals surface area contributed by atoms with Crippen molar-refractivity contribution < 1.29 is 9.53 Å². The molecule has 0 aromatic rings. The number of carbonyl (C=O) groups is 1. The molecule has 1 heterocycles. The van der Waals surface area contributed by atoms with Crippen molar-refractivity contribution in [3.05, 3.63) is 0 Å². The summed E-state index contributed by atoms with van der Waals surface area (Å²) in [5, 5.41) is 3.40. The number of likely N-dealkylation sites (N-methyl/N-ethyl adjacent to an activating group) is 1. The highest BCUT2D eigenvalue weighted by molar-refractivity contribution is 5.91. The van der Waals surface area contributed by atoms with Crippen LogP contribution in [0.25, 0.3) is 0 Å². The molecule has 1 spiro atoms. The third-order valence-electron chi connectivity index (χ3n) is 3.77. The van der Waals surface area contributed by atoms with E-state index in [1.807, 2.05) is 4.90 Å². The molecule has 0 aromatic carbocycles. The second-order valence-corrected chi connectivity index (χ2v) is 5.20. The SMILES string of the molecule is COCCN(C)CCN1C(=O)C2(CC2)NC1C. The second kappa shape index (κ2) is 4.92. The fraction of sp³-hybridized carbons (Fsp3) is 0.917. The van der Waals surface area contributed by atoms with Gasteiger partial charge in [0.25, 0.3) is 0 Å². The van der Waals surface area contributed by atoms with Gasteiger partial charge in [-0.05, 0) is 26.8 Å². The first-order valence-corrected chi connectivity index (χ1v) is 6.35. The van der Waals surface area contributed by atoms with Crippen LogP contribution < -0.4 is 5.32 Å². The Kier molecular flexibility index (Phi) is 3.70. The van der Waals surface area contributed by atoms with Crippen molar-refractivity contribution in [3.8, 4) is 0 Å². The Bertz CT molecular complexity index is 291. The van der Waals surface area contributed by atoms with Gasteiger partial charge in [0.1, 0.15) is 0 Å². The summed E-state index contributed by atoms with van der Waals surface area (Å²) in [6.45, 7) is 5.42. The van der Waals surface area contributed by atoms with Gasteiger partial charge >= 0.3 is 0 Å². The average molecular weight is 241 g/mol. The Labute approximate surface area is 103 Å². The van der Waals surface area contributed by atoms with Crippen LogP contribution in [0.2, 0.25) is 0 Å². The van der Waals surface area contributed by atoms with E-state index in [-0.39, 0.29) is 11.7 Å². The van der Waals surface area contributed by atoms with E-state index in [4.69, 9.17) is 4.74 Å². The molecule has 2 fully saturated rings. The van der Waals surface area contributed by atoms with Crippen LogP contribution in [0.1, 0.15) is 19.8 Å². The molecule has 1 atom stereocenters. The minimum Gasteiger partial charge on any atom is -0.383 e. The first-order chi connectivity index (χ1) is 8.09. The first-order valence-electron chi connectivity index (χ1n) is 6.35. The van der Waals surface area contributed by atoms with Gasteiger partial charge < -0.3 is 14.5 Å². The second-order valence-electron chi connectivity index (χ2n) is 5.20. The average Bonchev–Trinajstić information content (AvgIpc) is 3.02. The summed E-state index contributed by atoms with van der Waals surface area (Å²) in [7, 11) is 3.77. The number of hydrogen-bond donors (Lipinski definition) is 1. The first kappa shape index (κ1) is 12.8. The molecule has 1 saturated heterocycles. The predicted molar refractivity (Wildman–Crippen MR) is 65.6 cm³/mol. The number of nitrogens with one attached hydrogen (secondary N) is 1. The Morgan fingerprint density at radius 1 is 1.53 bits per heavy atom. The van der Waals surface area contributed by atoms with E-state index >= 15 is 0 Å². The standard InChI is InChI=1S/C12H23N3O2/c1-10-13-12(4-5-12)11(16)15(10)7-6-14(2)8-9-17-3/h10,13H,4-9H2,1-3H3. The maximum absolute atomic E-state index is 12.1. The van der Waals surface area contributed by atoms with Crippen molar-refractivity contribution >= 4 is 5.91 Å². The monoisotopic (exact) mass is 241 g/mol. The molecular formula is C12H23N3O2. The van der Waals surface area contributed by atoms with Crippen molar-refractivity contribution in [2.24, 2.45) is 0 Å². The summed E-state index contributed by atoms with van der Waals surface area (Å²) in [6.07, 6.45) is 2.19. The summed E-state index contributed by atoms with van der Waals surface area (Å²) in [5.74, 6) is 0.296. The number of carbonyl (C=O) groups excluding carboxylic acids is 1. The topological polar surface area (TPSA) is 44.8 Å². The summed E-state index contributed by atoms with van der Waals surface area (Å²) >= 11 is 0. The van der Waals surface area contributed by atoms with E-state index in [1.165, 1.54) is 0 Å². The summed E-state index contributed by atoms with van der Waals surface area (Å²) in [5.41, 5.74) is -0.176. The molecule has 1 unspecified atom stereocenters. The van der Waals surface area contributed by atoms with Gasteiger partial charge in [-0.25, -0.2) is 0 Å². The summed E-state index contributed by atoms with van der Waals surface area (Å²) in [4.78, 5) is 16.3. The van der Waals surface area contributed by atoms with Gasteiger partial charge in [0.15, 0.2) is 0 Å². The van der Waals surface area contributed by atoms with Gasteiger partial charge in [-0.1, -0.05) is 0 Å². The van der Waals surface area contributed by atoms with Crippen LogP contribution in [0.4, 0.5) is 0 Å². The molecule has 1 aliphatic heterocycles. The molecule has 1 saturated carbocycles. The van der Waals surface area contributed by atoms with E-state index in [2.05, 4.69) is 24.2 Å². The van der Waals surface area contributed by atoms with Crippen molar-refractivity contribution in [3.63, 3.8) is 0 Å². The molecule has 0 radical (unpaired) electrons. The molecule has 0 bridgehead atoms. The Morgan fingerprint density at radius 3 is 2.76 bits per heavy atom. The zero-order valence-corrected chi connectivity index (χ0v) is 11.0. The minimum atomic E-state index is -0.176. The lowest BCUT2D eigenvalue weighted by atomic mass is 10.3. The van der Waals surface area contributed by atoms with E-state index < -0.39 is 0 Å². The maximum atomic E-state index is 12.1. The van der Waals surface area contributed by atoms with Crippen LogP contribution in [0.15, 0.2) is 0 Å². The summed E-state index contributed by atoms with van der Waals surface area (Å²) in [6, 6.07) is 0. The molecule has 1 aliphatic carbocycles. The molecule has 0 aromatic heterocycles. The predicted octanol–water partition coefficient (Wildman–Crippen LogP) is -0.125. The van der Waals surface area contributed by atoms with Crippen LogP contribution in [-0.2, 0) is 9.53 Å². The fourth-order valence-corrected chi connectivity index (χ4v) is 2.41. The van der Waals surface area contributed by atoms with Crippen LogP contribution in [0.5, 0.6) is 0 Å². The van der Waals surface area contributed by atoms with E-state index in [0.717, 1.165) is 39.1 Å². The van der Waals surface area contributed by atoms with Gasteiger partial charge in [-0.3, -0.25) is 10.1 Å². The molecule has 5 heteroatoms. The van der Waals surface area contributed by atoms with E-state index in [0.29, 0.717) is 5.91 Å². The Morgan fingerprint density at radius 2 is 2.24 bits per heavy atom. The van der Waals surface area contributed by atoms with E-state index in [1.54, 1.807) is 7.11 Å². The molecule has 1 amide bonds. The van der Waals surface area contributed by atoms with Gasteiger partial charge in [-0.15, -0.1) is 0 Å². The smallest absolute Gasteiger partial charge is 0.244 e. The van der Waals surface area contributed by atoms with Gasteiger partial charge in [0.2, 0.25) is 5.91 Å². The Balaban J connectivity index is 1.77. The molecule has 98 valence electrons. The van der Waals surface area contributed by atoms with Gasteiger partial charge in [0, 0.05) is 26.7 Å². The third kappa shape index (κ3) is 2.61. The van der Waals surface area contributed by atoms with Gasteiger partial charge in [0.05, 0.1) is 18.3 Å².